The SMILES string of the molecule is CCC(CC)(CNCC1CCOC1)SC. The first kappa shape index (κ1) is 13.3. The molecule has 0 aromatic heterocycles. The number of hydrogen-bond acceptors (Lipinski definition) is 3. The van der Waals surface area contributed by atoms with Gasteiger partial charge in [0, 0.05) is 24.4 Å². The van der Waals surface area contributed by atoms with Crippen LogP contribution >= 0.6 is 11.8 Å². The minimum atomic E-state index is 0.444. The zero-order valence-corrected chi connectivity index (χ0v) is 11.2. The summed E-state index contributed by atoms with van der Waals surface area (Å²) in [6.07, 6.45) is 5.96. The van der Waals surface area contributed by atoms with Crippen LogP contribution in [0.15, 0.2) is 0 Å². The van der Waals surface area contributed by atoms with Gasteiger partial charge in [-0.05, 0) is 31.4 Å². The molecule has 0 radical (unpaired) electrons. The Bertz CT molecular complexity index is 157. The summed E-state index contributed by atoms with van der Waals surface area (Å²) in [7, 11) is 0. The first-order valence-corrected chi connectivity index (χ1v) is 7.32. The van der Waals surface area contributed by atoms with Crippen LogP contribution in [0, 0.1) is 5.92 Å². The molecule has 1 rings (SSSR count). The maximum Gasteiger partial charge on any atom is 0.0507 e. The molecule has 0 amide bonds. The molecular formula is C12H25NOS. The van der Waals surface area contributed by atoms with Crippen molar-refractivity contribution in [1.29, 1.82) is 0 Å². The molecule has 2 nitrogen and oxygen atoms in total. The van der Waals surface area contributed by atoms with Crippen molar-refractivity contribution in [1.82, 2.24) is 5.32 Å². The molecule has 1 aliphatic heterocycles. The van der Waals surface area contributed by atoms with Crippen molar-refractivity contribution in [2.45, 2.75) is 37.9 Å². The molecule has 0 bridgehead atoms. The number of thioether (sulfide) groups is 1. The van der Waals surface area contributed by atoms with Gasteiger partial charge in [-0.1, -0.05) is 13.8 Å². The second-order valence-corrected chi connectivity index (χ2v) is 5.73. The van der Waals surface area contributed by atoms with E-state index in [1.807, 2.05) is 11.8 Å². The monoisotopic (exact) mass is 231 g/mol. The lowest BCUT2D eigenvalue weighted by Gasteiger charge is -2.30. The summed E-state index contributed by atoms with van der Waals surface area (Å²) in [5.74, 6) is 0.748. The molecule has 0 spiro atoms. The van der Waals surface area contributed by atoms with E-state index in [9.17, 15) is 0 Å². The molecule has 0 aromatic rings. The van der Waals surface area contributed by atoms with Gasteiger partial charge in [-0.2, -0.15) is 11.8 Å². The molecule has 1 atom stereocenters. The van der Waals surface area contributed by atoms with E-state index in [2.05, 4.69) is 25.4 Å². The predicted octanol–water partition coefficient (Wildman–Crippen LogP) is 2.53. The number of ether oxygens (including phenoxy) is 1. The van der Waals surface area contributed by atoms with E-state index in [1.165, 1.54) is 19.3 Å². The minimum Gasteiger partial charge on any atom is -0.381 e. The second-order valence-electron chi connectivity index (χ2n) is 4.45. The van der Waals surface area contributed by atoms with E-state index in [0.717, 1.165) is 32.2 Å². The van der Waals surface area contributed by atoms with Crippen LogP contribution in [-0.2, 0) is 4.74 Å². The normalized spacial score (nSPS) is 22.2. The van der Waals surface area contributed by atoms with Gasteiger partial charge in [0.2, 0.25) is 0 Å². The van der Waals surface area contributed by atoms with Gasteiger partial charge in [-0.15, -0.1) is 0 Å². The summed E-state index contributed by atoms with van der Waals surface area (Å²) >= 11 is 2.01. The quantitative estimate of drug-likeness (QED) is 0.727. The van der Waals surface area contributed by atoms with Gasteiger partial charge in [-0.3, -0.25) is 0 Å². The van der Waals surface area contributed by atoms with Gasteiger partial charge >= 0.3 is 0 Å². The summed E-state index contributed by atoms with van der Waals surface area (Å²) in [5, 5.41) is 3.62. The summed E-state index contributed by atoms with van der Waals surface area (Å²) in [4.78, 5) is 0. The number of nitrogens with one attached hydrogen (secondary N) is 1. The van der Waals surface area contributed by atoms with Gasteiger partial charge in [0.1, 0.15) is 0 Å². The Morgan fingerprint density at radius 2 is 2.13 bits per heavy atom. The highest BCUT2D eigenvalue weighted by molar-refractivity contribution is 8.00. The maximum absolute atomic E-state index is 5.37. The zero-order chi connectivity index (χ0) is 11.1. The summed E-state index contributed by atoms with van der Waals surface area (Å²) in [6.45, 7) is 8.76. The molecule has 1 aliphatic rings. The standard InChI is InChI=1S/C12H25NOS/c1-4-12(5-2,15-3)10-13-8-11-6-7-14-9-11/h11,13H,4-10H2,1-3H3. The van der Waals surface area contributed by atoms with Crippen molar-refractivity contribution in [3.63, 3.8) is 0 Å². The lowest BCUT2D eigenvalue weighted by atomic mass is 10.0. The highest BCUT2D eigenvalue weighted by Gasteiger charge is 2.25. The predicted molar refractivity (Wildman–Crippen MR) is 68.6 cm³/mol. The maximum atomic E-state index is 5.37. The van der Waals surface area contributed by atoms with Crippen LogP contribution < -0.4 is 5.32 Å². The largest absolute Gasteiger partial charge is 0.381 e. The summed E-state index contributed by atoms with van der Waals surface area (Å²) in [6, 6.07) is 0. The Morgan fingerprint density at radius 3 is 2.60 bits per heavy atom. The highest BCUT2D eigenvalue weighted by Crippen LogP contribution is 2.29. The number of rotatable bonds is 7. The van der Waals surface area contributed by atoms with Crippen molar-refractivity contribution in [3.05, 3.63) is 0 Å². The van der Waals surface area contributed by atoms with Crippen molar-refractivity contribution < 1.29 is 4.74 Å². The molecular weight excluding hydrogens is 206 g/mol. The minimum absolute atomic E-state index is 0.444. The summed E-state index contributed by atoms with van der Waals surface area (Å²) in [5.41, 5.74) is 0. The van der Waals surface area contributed by atoms with Crippen molar-refractivity contribution >= 4 is 11.8 Å². The van der Waals surface area contributed by atoms with Crippen LogP contribution in [0.25, 0.3) is 0 Å². The van der Waals surface area contributed by atoms with Gasteiger partial charge in [0.15, 0.2) is 0 Å². The Balaban J connectivity index is 2.21. The van der Waals surface area contributed by atoms with Crippen molar-refractivity contribution in [2.75, 3.05) is 32.6 Å². The van der Waals surface area contributed by atoms with Crippen LogP contribution in [0.1, 0.15) is 33.1 Å². The van der Waals surface area contributed by atoms with E-state index < -0.39 is 0 Å². The molecule has 1 heterocycles. The van der Waals surface area contributed by atoms with Crippen LogP contribution in [0.2, 0.25) is 0 Å². The fourth-order valence-electron chi connectivity index (χ4n) is 2.11. The van der Waals surface area contributed by atoms with Gasteiger partial charge in [0.05, 0.1) is 6.61 Å². The molecule has 1 N–H and O–H groups in total. The van der Waals surface area contributed by atoms with Crippen molar-refractivity contribution in [2.24, 2.45) is 5.92 Å². The third-order valence-corrected chi connectivity index (χ3v) is 5.21. The first-order chi connectivity index (χ1) is 7.26. The van der Waals surface area contributed by atoms with Crippen LogP contribution in [0.4, 0.5) is 0 Å². The van der Waals surface area contributed by atoms with E-state index >= 15 is 0 Å². The lowest BCUT2D eigenvalue weighted by Crippen LogP contribution is -2.38. The Hall–Kier alpha value is 0.270. The Morgan fingerprint density at radius 1 is 1.40 bits per heavy atom. The van der Waals surface area contributed by atoms with Crippen LogP contribution in [0.3, 0.4) is 0 Å². The average molecular weight is 231 g/mol. The Kier molecular flexibility index (Phi) is 6.02. The molecule has 90 valence electrons. The molecule has 0 aromatic carbocycles. The molecule has 1 saturated heterocycles. The fraction of sp³-hybridized carbons (Fsp3) is 1.00. The average Bonchev–Trinajstić information content (AvgIpc) is 2.78. The third kappa shape index (κ3) is 3.97. The third-order valence-electron chi connectivity index (χ3n) is 3.63. The molecule has 3 heteroatoms. The first-order valence-electron chi connectivity index (χ1n) is 6.10. The van der Waals surface area contributed by atoms with Gasteiger partial charge in [0.25, 0.3) is 0 Å². The smallest absolute Gasteiger partial charge is 0.0507 e. The van der Waals surface area contributed by atoms with E-state index in [1.54, 1.807) is 0 Å². The molecule has 0 aliphatic carbocycles. The topological polar surface area (TPSA) is 21.3 Å². The van der Waals surface area contributed by atoms with Crippen LogP contribution in [-0.4, -0.2) is 37.3 Å². The van der Waals surface area contributed by atoms with E-state index in [0.29, 0.717) is 4.75 Å². The second kappa shape index (κ2) is 6.77. The van der Waals surface area contributed by atoms with E-state index in [4.69, 9.17) is 4.74 Å². The molecule has 15 heavy (non-hydrogen) atoms. The van der Waals surface area contributed by atoms with Crippen molar-refractivity contribution in [3.8, 4) is 0 Å². The van der Waals surface area contributed by atoms with Gasteiger partial charge in [-0.25, -0.2) is 0 Å². The molecule has 1 unspecified atom stereocenters. The molecule has 0 saturated carbocycles. The highest BCUT2D eigenvalue weighted by atomic mass is 32.2. The lowest BCUT2D eigenvalue weighted by molar-refractivity contribution is 0.185. The molecule has 1 fully saturated rings. The fourth-order valence-corrected chi connectivity index (χ4v) is 2.93. The van der Waals surface area contributed by atoms with Gasteiger partial charge < -0.3 is 10.1 Å². The Labute approximate surface area is 98.5 Å². The zero-order valence-electron chi connectivity index (χ0n) is 10.3. The van der Waals surface area contributed by atoms with E-state index in [-0.39, 0.29) is 0 Å². The number of hydrogen-bond donors (Lipinski definition) is 1. The van der Waals surface area contributed by atoms with Crippen LogP contribution in [0.5, 0.6) is 0 Å². The summed E-state index contributed by atoms with van der Waals surface area (Å²) < 4.78 is 5.82.